The summed E-state index contributed by atoms with van der Waals surface area (Å²) in [5, 5.41) is 5.49. The fourth-order valence-corrected chi connectivity index (χ4v) is 4.73. The highest BCUT2D eigenvalue weighted by Gasteiger charge is 2.21. The largest absolute Gasteiger partial charge is 0.352 e. The van der Waals surface area contributed by atoms with Crippen LogP contribution in [0.25, 0.3) is 0 Å². The van der Waals surface area contributed by atoms with E-state index in [1.807, 2.05) is 13.8 Å². The molecule has 0 saturated heterocycles. The van der Waals surface area contributed by atoms with Crippen LogP contribution < -0.4 is 15.4 Å². The lowest BCUT2D eigenvalue weighted by atomic mass is 10.1. The van der Waals surface area contributed by atoms with E-state index in [2.05, 4.69) is 15.4 Å². The Hall–Kier alpha value is -3.36. The molecule has 7 nitrogen and oxygen atoms in total. The second-order valence-electron chi connectivity index (χ2n) is 7.73. The molecule has 0 aromatic heterocycles. The van der Waals surface area contributed by atoms with Gasteiger partial charge < -0.3 is 10.6 Å². The summed E-state index contributed by atoms with van der Waals surface area (Å²) in [5.41, 5.74) is 2.07. The average molecular weight is 500 g/mol. The first kappa shape index (κ1) is 25.3. The van der Waals surface area contributed by atoms with Gasteiger partial charge in [0.2, 0.25) is 0 Å². The van der Waals surface area contributed by atoms with E-state index in [9.17, 15) is 18.0 Å². The number of nitrogens with one attached hydrogen (secondary N) is 3. The first-order valence-corrected chi connectivity index (χ1v) is 12.6. The van der Waals surface area contributed by atoms with Crippen LogP contribution in [0.15, 0.2) is 71.6 Å². The van der Waals surface area contributed by atoms with Crippen molar-refractivity contribution in [3.8, 4) is 0 Å². The number of benzene rings is 3. The second kappa shape index (κ2) is 11.2. The zero-order valence-electron chi connectivity index (χ0n) is 18.9. The molecule has 0 heterocycles. The Morgan fingerprint density at radius 1 is 0.941 bits per heavy atom. The number of aryl methyl sites for hydroxylation is 1. The standard InChI is InChI=1S/C25H26ClN3O4S/c1-3-4-15-27-25(31)20-7-5-6-8-22(20)28-24(30)18-11-14-21(26)23(16-18)34(32,33)29-19-12-9-17(2)10-13-19/h5-14,16,29H,3-4,15H2,1-2H3,(H,27,31)(H,28,30). The summed E-state index contributed by atoms with van der Waals surface area (Å²) in [6.07, 6.45) is 1.79. The third-order valence-corrected chi connectivity index (χ3v) is 6.89. The van der Waals surface area contributed by atoms with Crippen LogP contribution in [0.5, 0.6) is 0 Å². The normalized spacial score (nSPS) is 11.0. The number of anilines is 2. The number of para-hydroxylation sites is 1. The van der Waals surface area contributed by atoms with Crippen molar-refractivity contribution in [2.75, 3.05) is 16.6 Å². The van der Waals surface area contributed by atoms with E-state index < -0.39 is 15.9 Å². The van der Waals surface area contributed by atoms with Gasteiger partial charge in [0.05, 0.1) is 16.3 Å². The van der Waals surface area contributed by atoms with Crippen molar-refractivity contribution >= 4 is 44.8 Å². The maximum Gasteiger partial charge on any atom is 0.263 e. The average Bonchev–Trinajstić information content (AvgIpc) is 2.81. The lowest BCUT2D eigenvalue weighted by Gasteiger charge is -2.13. The predicted molar refractivity (Wildman–Crippen MR) is 135 cm³/mol. The molecular weight excluding hydrogens is 474 g/mol. The fraction of sp³-hybridized carbons (Fsp3) is 0.200. The lowest BCUT2D eigenvalue weighted by molar-refractivity contribution is 0.0954. The molecule has 0 atom stereocenters. The highest BCUT2D eigenvalue weighted by molar-refractivity contribution is 7.92. The number of sulfonamides is 1. The molecule has 3 aromatic rings. The first-order chi connectivity index (χ1) is 16.2. The molecule has 2 amide bonds. The van der Waals surface area contributed by atoms with Gasteiger partial charge in [0, 0.05) is 17.8 Å². The van der Waals surface area contributed by atoms with Crippen LogP contribution in [0.3, 0.4) is 0 Å². The Bertz CT molecular complexity index is 1290. The van der Waals surface area contributed by atoms with Crippen molar-refractivity contribution in [2.24, 2.45) is 0 Å². The number of hydrogen-bond acceptors (Lipinski definition) is 4. The molecule has 0 unspecified atom stereocenters. The molecule has 0 aliphatic rings. The van der Waals surface area contributed by atoms with E-state index in [0.717, 1.165) is 18.4 Å². The summed E-state index contributed by atoms with van der Waals surface area (Å²) < 4.78 is 28.3. The molecule has 3 aromatic carbocycles. The molecule has 0 aliphatic carbocycles. The molecule has 178 valence electrons. The Kier molecular flexibility index (Phi) is 8.31. The Morgan fingerprint density at radius 2 is 1.65 bits per heavy atom. The van der Waals surface area contributed by atoms with Crippen molar-refractivity contribution in [3.63, 3.8) is 0 Å². The SMILES string of the molecule is CCCCNC(=O)c1ccccc1NC(=O)c1ccc(Cl)c(S(=O)(=O)Nc2ccc(C)cc2)c1. The molecule has 9 heteroatoms. The van der Waals surface area contributed by atoms with Gasteiger partial charge in [-0.15, -0.1) is 0 Å². The minimum atomic E-state index is -4.05. The molecule has 0 fully saturated rings. The number of carbonyl (C=O) groups excluding carboxylic acids is 2. The monoisotopic (exact) mass is 499 g/mol. The number of carbonyl (C=O) groups is 2. The van der Waals surface area contributed by atoms with E-state index in [1.165, 1.54) is 18.2 Å². The summed E-state index contributed by atoms with van der Waals surface area (Å²) >= 11 is 6.16. The molecule has 0 aliphatic heterocycles. The van der Waals surface area contributed by atoms with Gasteiger partial charge >= 0.3 is 0 Å². The number of rotatable bonds is 9. The van der Waals surface area contributed by atoms with E-state index in [4.69, 9.17) is 11.6 Å². The highest BCUT2D eigenvalue weighted by atomic mass is 35.5. The summed E-state index contributed by atoms with van der Waals surface area (Å²) in [4.78, 5) is 25.2. The van der Waals surface area contributed by atoms with Crippen molar-refractivity contribution in [3.05, 3.63) is 88.4 Å². The summed E-state index contributed by atoms with van der Waals surface area (Å²) in [6.45, 7) is 4.45. The number of halogens is 1. The van der Waals surface area contributed by atoms with E-state index >= 15 is 0 Å². The van der Waals surface area contributed by atoms with E-state index in [0.29, 0.717) is 23.5 Å². The molecular formula is C25H26ClN3O4S. The molecule has 0 saturated carbocycles. The molecule has 34 heavy (non-hydrogen) atoms. The van der Waals surface area contributed by atoms with Gasteiger partial charge in [-0.3, -0.25) is 14.3 Å². The topological polar surface area (TPSA) is 104 Å². The van der Waals surface area contributed by atoms with Crippen LogP contribution in [0.1, 0.15) is 46.0 Å². The summed E-state index contributed by atoms with van der Waals surface area (Å²) in [5.74, 6) is -0.872. The first-order valence-electron chi connectivity index (χ1n) is 10.8. The summed E-state index contributed by atoms with van der Waals surface area (Å²) in [7, 11) is -4.05. The predicted octanol–water partition coefficient (Wildman–Crippen LogP) is 5.23. The van der Waals surface area contributed by atoms with Crippen LogP contribution in [-0.2, 0) is 10.0 Å². The van der Waals surface area contributed by atoms with Crippen molar-refractivity contribution in [1.29, 1.82) is 0 Å². The van der Waals surface area contributed by atoms with Gasteiger partial charge in [-0.2, -0.15) is 0 Å². The van der Waals surface area contributed by atoms with Gasteiger partial charge in [-0.1, -0.05) is 54.8 Å². The van der Waals surface area contributed by atoms with Crippen molar-refractivity contribution < 1.29 is 18.0 Å². The molecule has 3 N–H and O–H groups in total. The quantitative estimate of drug-likeness (QED) is 0.350. The third-order valence-electron chi connectivity index (χ3n) is 5.02. The van der Waals surface area contributed by atoms with Crippen LogP contribution in [-0.4, -0.2) is 26.8 Å². The summed E-state index contributed by atoms with van der Waals surface area (Å²) in [6, 6.07) is 17.4. The molecule has 0 spiro atoms. The maximum atomic E-state index is 12.9. The smallest absolute Gasteiger partial charge is 0.263 e. The van der Waals surface area contributed by atoms with Gasteiger partial charge in [-0.25, -0.2) is 8.42 Å². The van der Waals surface area contributed by atoms with Crippen LogP contribution in [0.2, 0.25) is 5.02 Å². The number of unbranched alkanes of at least 4 members (excludes halogenated alkanes) is 1. The van der Waals surface area contributed by atoms with Crippen LogP contribution in [0.4, 0.5) is 11.4 Å². The van der Waals surface area contributed by atoms with E-state index in [1.54, 1.807) is 48.5 Å². The van der Waals surface area contributed by atoms with Crippen molar-refractivity contribution in [1.82, 2.24) is 5.32 Å². The van der Waals surface area contributed by atoms with Gasteiger partial charge in [0.15, 0.2) is 0 Å². The second-order valence-corrected chi connectivity index (χ2v) is 9.78. The highest BCUT2D eigenvalue weighted by Crippen LogP contribution is 2.26. The van der Waals surface area contributed by atoms with E-state index in [-0.39, 0.29) is 21.4 Å². The third kappa shape index (κ3) is 6.36. The Balaban J connectivity index is 1.83. The molecule has 0 bridgehead atoms. The molecule has 0 radical (unpaired) electrons. The van der Waals surface area contributed by atoms with Crippen LogP contribution >= 0.6 is 11.6 Å². The van der Waals surface area contributed by atoms with Gasteiger partial charge in [-0.05, 0) is 55.8 Å². The molecule has 3 rings (SSSR count). The minimum absolute atomic E-state index is 0.0214. The zero-order valence-corrected chi connectivity index (χ0v) is 20.5. The number of amides is 2. The Labute approximate surface area is 204 Å². The van der Waals surface area contributed by atoms with Gasteiger partial charge in [0.25, 0.3) is 21.8 Å². The van der Waals surface area contributed by atoms with Crippen molar-refractivity contribution in [2.45, 2.75) is 31.6 Å². The lowest BCUT2D eigenvalue weighted by Crippen LogP contribution is -2.26. The minimum Gasteiger partial charge on any atom is -0.352 e. The zero-order chi connectivity index (χ0) is 24.7. The number of hydrogen-bond donors (Lipinski definition) is 3. The van der Waals surface area contributed by atoms with Crippen LogP contribution in [0, 0.1) is 6.92 Å². The maximum absolute atomic E-state index is 12.9. The Morgan fingerprint density at radius 3 is 2.35 bits per heavy atom. The fourth-order valence-electron chi connectivity index (χ4n) is 3.14. The van der Waals surface area contributed by atoms with Gasteiger partial charge in [0.1, 0.15) is 4.90 Å².